The van der Waals surface area contributed by atoms with Gasteiger partial charge in [0.2, 0.25) is 0 Å². The Balaban J connectivity index is 1.79. The van der Waals surface area contributed by atoms with Crippen molar-refractivity contribution in [3.8, 4) is 0 Å². The van der Waals surface area contributed by atoms with Gasteiger partial charge < -0.3 is 15.0 Å². The second-order valence-electron chi connectivity index (χ2n) is 4.88. The van der Waals surface area contributed by atoms with Crippen molar-refractivity contribution >= 4 is 5.69 Å². The number of halogens is 1. The number of benzene rings is 1. The summed E-state index contributed by atoms with van der Waals surface area (Å²) in [6.45, 7) is 6.55. The summed E-state index contributed by atoms with van der Waals surface area (Å²) in [5.41, 5.74) is 0.927. The highest BCUT2D eigenvalue weighted by Crippen LogP contribution is 2.15. The Labute approximate surface area is 114 Å². The van der Waals surface area contributed by atoms with Crippen LogP contribution in [0.5, 0.6) is 0 Å². The zero-order valence-corrected chi connectivity index (χ0v) is 11.6. The van der Waals surface area contributed by atoms with E-state index in [2.05, 4.69) is 17.1 Å². The number of nitrogens with zero attached hydrogens (tertiary/aromatic N) is 1. The fourth-order valence-electron chi connectivity index (χ4n) is 2.43. The zero-order chi connectivity index (χ0) is 13.5. The highest BCUT2D eigenvalue weighted by atomic mass is 19.1. The highest BCUT2D eigenvalue weighted by molar-refractivity contribution is 5.46. The lowest BCUT2D eigenvalue weighted by Crippen LogP contribution is -2.35. The van der Waals surface area contributed by atoms with Gasteiger partial charge in [0.1, 0.15) is 5.82 Å². The third kappa shape index (κ3) is 4.48. The second kappa shape index (κ2) is 7.46. The maximum Gasteiger partial charge on any atom is 0.125 e. The number of nitrogens with one attached hydrogen (secondary N) is 1. The van der Waals surface area contributed by atoms with Crippen LogP contribution in [0.3, 0.4) is 0 Å². The van der Waals surface area contributed by atoms with Crippen LogP contribution >= 0.6 is 0 Å². The third-order valence-electron chi connectivity index (χ3n) is 3.56. The van der Waals surface area contributed by atoms with Gasteiger partial charge in [0.15, 0.2) is 0 Å². The number of likely N-dealkylation sites (N-methyl/N-ethyl adjacent to an activating group) is 1. The van der Waals surface area contributed by atoms with Crippen LogP contribution in [-0.4, -0.2) is 38.9 Å². The molecular formula is C15H23FN2O. The largest absolute Gasteiger partial charge is 0.376 e. The molecule has 1 aliphatic rings. The summed E-state index contributed by atoms with van der Waals surface area (Å²) < 4.78 is 19.1. The molecular weight excluding hydrogens is 243 g/mol. The topological polar surface area (TPSA) is 24.5 Å². The van der Waals surface area contributed by atoms with E-state index in [1.54, 1.807) is 12.1 Å². The van der Waals surface area contributed by atoms with Gasteiger partial charge in [0.25, 0.3) is 0 Å². The van der Waals surface area contributed by atoms with Gasteiger partial charge in [0.05, 0.1) is 12.7 Å². The van der Waals surface area contributed by atoms with Crippen molar-refractivity contribution in [2.75, 3.05) is 37.7 Å². The summed E-state index contributed by atoms with van der Waals surface area (Å²) in [6, 6.07) is 6.75. The first kappa shape index (κ1) is 14.3. The van der Waals surface area contributed by atoms with Gasteiger partial charge >= 0.3 is 0 Å². The standard InChI is InChI=1S/C15H23FN2O/c1-2-18(14-5-3-4-13(16)12-14)10-11-19-15-6-8-17-9-7-15/h3-5,12,15,17H,2,6-11H2,1H3. The Morgan fingerprint density at radius 3 is 2.84 bits per heavy atom. The van der Waals surface area contributed by atoms with E-state index in [9.17, 15) is 4.39 Å². The van der Waals surface area contributed by atoms with Crippen molar-refractivity contribution in [2.45, 2.75) is 25.9 Å². The minimum Gasteiger partial charge on any atom is -0.376 e. The van der Waals surface area contributed by atoms with E-state index in [1.807, 2.05) is 6.07 Å². The summed E-state index contributed by atoms with van der Waals surface area (Å²) in [5, 5.41) is 3.33. The molecule has 1 aliphatic heterocycles. The Hall–Kier alpha value is -1.13. The average Bonchev–Trinajstić information content (AvgIpc) is 2.45. The fraction of sp³-hybridized carbons (Fsp3) is 0.600. The monoisotopic (exact) mass is 266 g/mol. The normalized spacial score (nSPS) is 16.5. The Bertz CT molecular complexity index is 380. The fourth-order valence-corrected chi connectivity index (χ4v) is 2.43. The smallest absolute Gasteiger partial charge is 0.125 e. The van der Waals surface area contributed by atoms with Crippen LogP contribution in [0.25, 0.3) is 0 Å². The van der Waals surface area contributed by atoms with Crippen molar-refractivity contribution in [3.05, 3.63) is 30.1 Å². The van der Waals surface area contributed by atoms with E-state index in [4.69, 9.17) is 4.74 Å². The number of hydrogen-bond acceptors (Lipinski definition) is 3. The van der Waals surface area contributed by atoms with E-state index in [-0.39, 0.29) is 5.82 Å². The molecule has 1 aromatic rings. The van der Waals surface area contributed by atoms with Crippen LogP contribution in [0.2, 0.25) is 0 Å². The van der Waals surface area contributed by atoms with E-state index < -0.39 is 0 Å². The molecule has 19 heavy (non-hydrogen) atoms. The van der Waals surface area contributed by atoms with E-state index in [0.29, 0.717) is 12.7 Å². The first-order valence-corrected chi connectivity index (χ1v) is 7.12. The molecule has 1 heterocycles. The lowest BCUT2D eigenvalue weighted by Gasteiger charge is -2.26. The van der Waals surface area contributed by atoms with Gasteiger partial charge in [-0.15, -0.1) is 0 Å². The summed E-state index contributed by atoms with van der Waals surface area (Å²) in [6.07, 6.45) is 2.56. The molecule has 106 valence electrons. The molecule has 0 aliphatic carbocycles. The molecule has 0 radical (unpaired) electrons. The highest BCUT2D eigenvalue weighted by Gasteiger charge is 2.13. The molecule has 3 nitrogen and oxygen atoms in total. The molecule has 4 heteroatoms. The molecule has 1 fully saturated rings. The van der Waals surface area contributed by atoms with Crippen LogP contribution < -0.4 is 10.2 Å². The van der Waals surface area contributed by atoms with Gasteiger partial charge in [-0.2, -0.15) is 0 Å². The quantitative estimate of drug-likeness (QED) is 0.856. The predicted molar refractivity (Wildman–Crippen MR) is 76.1 cm³/mol. The van der Waals surface area contributed by atoms with Crippen molar-refractivity contribution < 1.29 is 9.13 Å². The Kier molecular flexibility index (Phi) is 5.61. The zero-order valence-electron chi connectivity index (χ0n) is 11.6. The van der Waals surface area contributed by atoms with Crippen molar-refractivity contribution in [1.82, 2.24) is 5.32 Å². The molecule has 1 aromatic carbocycles. The van der Waals surface area contributed by atoms with Crippen molar-refractivity contribution in [2.24, 2.45) is 0 Å². The molecule has 0 amide bonds. The van der Waals surface area contributed by atoms with Crippen LogP contribution in [0.4, 0.5) is 10.1 Å². The van der Waals surface area contributed by atoms with Gasteiger partial charge in [-0.1, -0.05) is 6.07 Å². The van der Waals surface area contributed by atoms with Crippen LogP contribution in [0, 0.1) is 5.82 Å². The number of anilines is 1. The molecule has 2 rings (SSSR count). The molecule has 1 N–H and O–H groups in total. The van der Waals surface area contributed by atoms with Crippen LogP contribution in [0.15, 0.2) is 24.3 Å². The summed E-state index contributed by atoms with van der Waals surface area (Å²) in [7, 11) is 0. The van der Waals surface area contributed by atoms with Gasteiger partial charge in [-0.3, -0.25) is 0 Å². The number of piperidine rings is 1. The lowest BCUT2D eigenvalue weighted by molar-refractivity contribution is 0.0373. The summed E-state index contributed by atoms with van der Waals surface area (Å²) in [4.78, 5) is 2.14. The van der Waals surface area contributed by atoms with E-state index in [1.165, 1.54) is 6.07 Å². The average molecular weight is 266 g/mol. The molecule has 0 saturated carbocycles. The second-order valence-corrected chi connectivity index (χ2v) is 4.88. The Morgan fingerprint density at radius 1 is 1.37 bits per heavy atom. The van der Waals surface area contributed by atoms with Crippen molar-refractivity contribution in [3.63, 3.8) is 0 Å². The molecule has 0 bridgehead atoms. The van der Waals surface area contributed by atoms with Gasteiger partial charge in [-0.25, -0.2) is 4.39 Å². The maximum absolute atomic E-state index is 13.2. The maximum atomic E-state index is 13.2. The minimum absolute atomic E-state index is 0.185. The molecule has 0 atom stereocenters. The summed E-state index contributed by atoms with van der Waals surface area (Å²) >= 11 is 0. The number of hydrogen-bond donors (Lipinski definition) is 1. The molecule has 0 aromatic heterocycles. The van der Waals surface area contributed by atoms with Gasteiger partial charge in [0, 0.05) is 18.8 Å². The number of ether oxygens (including phenoxy) is 1. The molecule has 0 spiro atoms. The SMILES string of the molecule is CCN(CCOC1CCNCC1)c1cccc(F)c1. The predicted octanol–water partition coefficient (Wildman–Crippen LogP) is 2.42. The van der Waals surface area contributed by atoms with Crippen LogP contribution in [0.1, 0.15) is 19.8 Å². The third-order valence-corrected chi connectivity index (χ3v) is 3.56. The molecule has 0 unspecified atom stereocenters. The lowest BCUT2D eigenvalue weighted by atomic mass is 10.1. The van der Waals surface area contributed by atoms with E-state index >= 15 is 0 Å². The molecule has 1 saturated heterocycles. The number of rotatable bonds is 6. The Morgan fingerprint density at radius 2 is 2.16 bits per heavy atom. The summed E-state index contributed by atoms with van der Waals surface area (Å²) in [5.74, 6) is -0.185. The van der Waals surface area contributed by atoms with E-state index in [0.717, 1.165) is 44.7 Å². The first-order valence-electron chi connectivity index (χ1n) is 7.12. The minimum atomic E-state index is -0.185. The first-order chi connectivity index (χ1) is 9.29. The van der Waals surface area contributed by atoms with Crippen molar-refractivity contribution in [1.29, 1.82) is 0 Å². The van der Waals surface area contributed by atoms with Crippen LogP contribution in [-0.2, 0) is 4.74 Å². The van der Waals surface area contributed by atoms with Gasteiger partial charge in [-0.05, 0) is 51.1 Å².